The summed E-state index contributed by atoms with van der Waals surface area (Å²) in [5, 5.41) is 2.49. The zero-order valence-corrected chi connectivity index (χ0v) is 19.2. The Hall–Kier alpha value is -2.78. The van der Waals surface area contributed by atoms with Gasteiger partial charge in [-0.2, -0.15) is 4.31 Å². The number of aryl methyl sites for hydroxylation is 3. The van der Waals surface area contributed by atoms with Crippen molar-refractivity contribution < 1.29 is 27.1 Å². The number of benzene rings is 2. The molecule has 1 heterocycles. The predicted molar refractivity (Wildman–Crippen MR) is 117 cm³/mol. The van der Waals surface area contributed by atoms with Crippen molar-refractivity contribution in [2.45, 2.75) is 51.1 Å². The van der Waals surface area contributed by atoms with E-state index in [0.717, 1.165) is 9.87 Å². The van der Waals surface area contributed by atoms with Gasteiger partial charge in [0.2, 0.25) is 10.0 Å². The molecule has 0 aromatic heterocycles. The number of carbonyl (C=O) groups is 2. The number of nitrogens with zero attached hydrogens (tertiary/aromatic N) is 1. The smallest absolute Gasteiger partial charge is 0.324 e. The lowest BCUT2D eigenvalue weighted by atomic mass is 10.1. The molecule has 1 atom stereocenters. The number of ether oxygens (including phenoxy) is 1. The minimum absolute atomic E-state index is 0.0427. The molecule has 1 aliphatic heterocycles. The zero-order valence-electron chi connectivity index (χ0n) is 18.4. The molecular weight excluding hydrogens is 435 g/mol. The number of rotatable bonds is 7. The van der Waals surface area contributed by atoms with Crippen LogP contribution < -0.4 is 5.32 Å². The first kappa shape index (κ1) is 23.9. The van der Waals surface area contributed by atoms with Crippen LogP contribution in [0.5, 0.6) is 0 Å². The Bertz CT molecular complexity index is 1110. The summed E-state index contributed by atoms with van der Waals surface area (Å²) < 4.78 is 46.6. The maximum atomic E-state index is 13.6. The summed E-state index contributed by atoms with van der Waals surface area (Å²) in [6.45, 7) is 4.95. The van der Waals surface area contributed by atoms with Crippen LogP contribution in [0.15, 0.2) is 41.3 Å². The molecule has 1 aliphatic rings. The van der Waals surface area contributed by atoms with Gasteiger partial charge in [-0.15, -0.1) is 0 Å². The van der Waals surface area contributed by atoms with Gasteiger partial charge >= 0.3 is 5.97 Å². The van der Waals surface area contributed by atoms with E-state index in [9.17, 15) is 22.4 Å². The molecule has 1 fully saturated rings. The number of halogens is 1. The van der Waals surface area contributed by atoms with E-state index in [1.807, 2.05) is 6.92 Å². The fraction of sp³-hybridized carbons (Fsp3) is 0.391. The number of esters is 1. The number of hydrogen-bond acceptors (Lipinski definition) is 5. The van der Waals surface area contributed by atoms with Gasteiger partial charge in [-0.3, -0.25) is 9.59 Å². The predicted octanol–water partition coefficient (Wildman–Crippen LogP) is 2.76. The van der Waals surface area contributed by atoms with E-state index in [-0.39, 0.29) is 18.0 Å². The molecule has 9 heteroatoms. The average molecular weight is 463 g/mol. The van der Waals surface area contributed by atoms with Gasteiger partial charge in [-0.05, 0) is 50.8 Å². The van der Waals surface area contributed by atoms with Gasteiger partial charge < -0.3 is 10.1 Å². The van der Waals surface area contributed by atoms with Crippen molar-refractivity contribution in [1.29, 1.82) is 0 Å². The van der Waals surface area contributed by atoms with Crippen LogP contribution in [0, 0.1) is 26.6 Å². The Balaban J connectivity index is 1.64. The highest BCUT2D eigenvalue weighted by Crippen LogP contribution is 2.31. The lowest BCUT2D eigenvalue weighted by Crippen LogP contribution is -2.42. The van der Waals surface area contributed by atoms with Crippen LogP contribution in [0.2, 0.25) is 0 Å². The molecule has 0 radical (unpaired) electrons. The highest BCUT2D eigenvalue weighted by molar-refractivity contribution is 7.89. The molecular formula is C23H27FN2O5S. The molecule has 32 heavy (non-hydrogen) atoms. The second-order valence-corrected chi connectivity index (χ2v) is 9.80. The van der Waals surface area contributed by atoms with E-state index in [2.05, 4.69) is 5.32 Å². The molecule has 2 aromatic carbocycles. The van der Waals surface area contributed by atoms with E-state index in [0.29, 0.717) is 29.5 Å². The second kappa shape index (κ2) is 9.79. The van der Waals surface area contributed by atoms with Crippen molar-refractivity contribution in [3.63, 3.8) is 0 Å². The van der Waals surface area contributed by atoms with E-state index in [1.54, 1.807) is 38.1 Å². The van der Waals surface area contributed by atoms with Gasteiger partial charge in [0.1, 0.15) is 11.9 Å². The summed E-state index contributed by atoms with van der Waals surface area (Å²) in [4.78, 5) is 24.8. The molecule has 2 aromatic rings. The van der Waals surface area contributed by atoms with Crippen molar-refractivity contribution in [3.8, 4) is 0 Å². The first-order valence-corrected chi connectivity index (χ1v) is 11.8. The van der Waals surface area contributed by atoms with E-state index < -0.39 is 40.4 Å². The standard InChI is InChI=1S/C23H27FN2O5S/c1-15-11-16(2)22(17(3)12-15)32(29,30)26-10-6-9-20(26)23(28)31-14-21(27)25-13-18-7-4-5-8-19(18)24/h4-5,7-8,11-12,20H,6,9-10,13-14H2,1-3H3,(H,25,27). The Morgan fingerprint density at radius 2 is 1.81 bits per heavy atom. The summed E-state index contributed by atoms with van der Waals surface area (Å²) in [6.07, 6.45) is 0.835. The Kier molecular flexibility index (Phi) is 7.30. The number of sulfonamides is 1. The van der Waals surface area contributed by atoms with Crippen LogP contribution >= 0.6 is 0 Å². The van der Waals surface area contributed by atoms with Gasteiger partial charge in [0.15, 0.2) is 6.61 Å². The largest absolute Gasteiger partial charge is 0.454 e. The molecule has 1 saturated heterocycles. The lowest BCUT2D eigenvalue weighted by Gasteiger charge is -2.24. The van der Waals surface area contributed by atoms with Crippen LogP contribution in [0.4, 0.5) is 4.39 Å². The third-order valence-corrected chi connectivity index (χ3v) is 7.64. The fourth-order valence-electron chi connectivity index (χ4n) is 4.07. The summed E-state index contributed by atoms with van der Waals surface area (Å²) in [7, 11) is -3.91. The van der Waals surface area contributed by atoms with Crippen molar-refractivity contribution in [2.24, 2.45) is 0 Å². The maximum Gasteiger partial charge on any atom is 0.324 e. The van der Waals surface area contributed by atoms with Gasteiger partial charge in [0, 0.05) is 18.7 Å². The molecule has 0 bridgehead atoms. The van der Waals surface area contributed by atoms with E-state index in [4.69, 9.17) is 4.74 Å². The highest BCUT2D eigenvalue weighted by Gasteiger charge is 2.41. The Morgan fingerprint density at radius 1 is 1.16 bits per heavy atom. The monoisotopic (exact) mass is 462 g/mol. The molecule has 0 spiro atoms. The van der Waals surface area contributed by atoms with Crippen LogP contribution in [0.3, 0.4) is 0 Å². The van der Waals surface area contributed by atoms with Crippen molar-refractivity contribution >= 4 is 21.9 Å². The van der Waals surface area contributed by atoms with Crippen molar-refractivity contribution in [1.82, 2.24) is 9.62 Å². The maximum absolute atomic E-state index is 13.6. The number of hydrogen-bond donors (Lipinski definition) is 1. The van der Waals surface area contributed by atoms with E-state index in [1.165, 1.54) is 12.1 Å². The summed E-state index contributed by atoms with van der Waals surface area (Å²) in [6, 6.07) is 8.62. The first-order valence-electron chi connectivity index (χ1n) is 10.4. The van der Waals surface area contributed by atoms with Crippen LogP contribution in [0.1, 0.15) is 35.1 Å². The van der Waals surface area contributed by atoms with Crippen molar-refractivity contribution in [3.05, 3.63) is 64.5 Å². The van der Waals surface area contributed by atoms with Gasteiger partial charge in [-0.1, -0.05) is 35.9 Å². The zero-order chi connectivity index (χ0) is 23.5. The molecule has 172 valence electrons. The van der Waals surface area contributed by atoms with Gasteiger partial charge in [0.05, 0.1) is 4.90 Å². The summed E-state index contributed by atoms with van der Waals surface area (Å²) in [5.41, 5.74) is 2.50. The first-order chi connectivity index (χ1) is 15.1. The fourth-order valence-corrected chi connectivity index (χ4v) is 6.14. The molecule has 1 amide bonds. The Morgan fingerprint density at radius 3 is 2.47 bits per heavy atom. The Labute approximate surface area is 187 Å². The second-order valence-electron chi connectivity index (χ2n) is 7.98. The molecule has 1 unspecified atom stereocenters. The molecule has 1 N–H and O–H groups in total. The topological polar surface area (TPSA) is 92.8 Å². The minimum atomic E-state index is -3.91. The summed E-state index contributed by atoms with van der Waals surface area (Å²) in [5.74, 6) is -1.81. The van der Waals surface area contributed by atoms with E-state index >= 15 is 0 Å². The third-order valence-electron chi connectivity index (χ3n) is 5.43. The van der Waals surface area contributed by atoms with Gasteiger partial charge in [-0.25, -0.2) is 12.8 Å². The molecule has 7 nitrogen and oxygen atoms in total. The SMILES string of the molecule is Cc1cc(C)c(S(=O)(=O)N2CCCC2C(=O)OCC(=O)NCc2ccccc2F)c(C)c1. The summed E-state index contributed by atoms with van der Waals surface area (Å²) >= 11 is 0. The quantitative estimate of drug-likeness (QED) is 0.639. The van der Waals surface area contributed by atoms with Crippen LogP contribution in [0.25, 0.3) is 0 Å². The average Bonchev–Trinajstić information content (AvgIpc) is 3.21. The molecule has 3 rings (SSSR count). The normalized spacial score (nSPS) is 16.7. The van der Waals surface area contributed by atoms with Gasteiger partial charge in [0.25, 0.3) is 5.91 Å². The number of nitrogens with one attached hydrogen (secondary N) is 1. The van der Waals surface area contributed by atoms with Crippen molar-refractivity contribution in [2.75, 3.05) is 13.2 Å². The number of amides is 1. The minimum Gasteiger partial charge on any atom is -0.454 e. The van der Waals surface area contributed by atoms with Crippen LogP contribution in [-0.4, -0.2) is 43.8 Å². The molecule has 0 saturated carbocycles. The number of carbonyl (C=O) groups excluding carboxylic acids is 2. The highest BCUT2D eigenvalue weighted by atomic mass is 32.2. The third kappa shape index (κ3) is 5.16. The molecule has 0 aliphatic carbocycles. The lowest BCUT2D eigenvalue weighted by molar-refractivity contribution is -0.151. The van der Waals surface area contributed by atoms with Crippen LogP contribution in [-0.2, 0) is 30.9 Å².